The molecule has 0 spiro atoms. The normalized spacial score (nSPS) is 14.1. The summed E-state index contributed by atoms with van der Waals surface area (Å²) in [4.78, 5) is 28.0. The molecule has 1 N–H and O–H groups in total. The number of rotatable bonds is 7. The summed E-state index contributed by atoms with van der Waals surface area (Å²) >= 11 is 2.85. The van der Waals surface area contributed by atoms with Gasteiger partial charge in [-0.25, -0.2) is 0 Å². The van der Waals surface area contributed by atoms with Gasteiger partial charge in [0.2, 0.25) is 11.0 Å². The molecule has 0 unspecified atom stereocenters. The standard InChI is InChI=1S/C18H23N5O3S2/c1-3-26-14-6-4-13(5-7-14)16(25)22-8-10-23(11-9-22)17-20-21-18(28-17)27-12-15(24)19-2/h4-7H,3,8-12H2,1-2H3,(H,19,24). The minimum absolute atomic E-state index is 0.0294. The number of aromatic nitrogens is 2. The van der Waals surface area contributed by atoms with Crippen molar-refractivity contribution in [1.82, 2.24) is 20.4 Å². The fourth-order valence-corrected chi connectivity index (χ4v) is 4.50. The largest absolute Gasteiger partial charge is 0.494 e. The molecule has 3 rings (SSSR count). The predicted octanol–water partition coefficient (Wildman–Crippen LogP) is 1.74. The monoisotopic (exact) mass is 421 g/mol. The second-order valence-electron chi connectivity index (χ2n) is 6.05. The third kappa shape index (κ3) is 5.14. The van der Waals surface area contributed by atoms with Crippen LogP contribution in [0, 0.1) is 0 Å². The number of hydrogen-bond acceptors (Lipinski definition) is 8. The number of piperazine rings is 1. The molecule has 2 heterocycles. The van der Waals surface area contributed by atoms with E-state index in [9.17, 15) is 9.59 Å². The first-order valence-corrected chi connectivity index (χ1v) is 10.8. The number of ether oxygens (including phenoxy) is 1. The Morgan fingerprint density at radius 2 is 1.89 bits per heavy atom. The average Bonchev–Trinajstić information content (AvgIpc) is 3.21. The molecule has 28 heavy (non-hydrogen) atoms. The van der Waals surface area contributed by atoms with Crippen molar-refractivity contribution in [3.05, 3.63) is 29.8 Å². The number of nitrogens with one attached hydrogen (secondary N) is 1. The van der Waals surface area contributed by atoms with Crippen LogP contribution in [0.1, 0.15) is 17.3 Å². The minimum Gasteiger partial charge on any atom is -0.494 e. The summed E-state index contributed by atoms with van der Waals surface area (Å²) in [5.74, 6) is 1.09. The third-order valence-corrected chi connectivity index (χ3v) is 6.37. The maximum atomic E-state index is 12.7. The second-order valence-corrected chi connectivity index (χ2v) is 8.23. The minimum atomic E-state index is -0.0387. The van der Waals surface area contributed by atoms with Crippen LogP contribution in [-0.2, 0) is 4.79 Å². The average molecular weight is 422 g/mol. The molecule has 0 saturated carbocycles. The van der Waals surface area contributed by atoms with E-state index >= 15 is 0 Å². The van der Waals surface area contributed by atoms with Crippen molar-refractivity contribution in [2.75, 3.05) is 50.5 Å². The number of benzene rings is 1. The Labute approximate surface area is 172 Å². The quantitative estimate of drug-likeness (QED) is 0.681. The van der Waals surface area contributed by atoms with Crippen LogP contribution >= 0.6 is 23.1 Å². The van der Waals surface area contributed by atoms with Crippen LogP contribution in [0.3, 0.4) is 0 Å². The first-order valence-electron chi connectivity index (χ1n) is 9.04. The van der Waals surface area contributed by atoms with Gasteiger partial charge in [0.25, 0.3) is 5.91 Å². The van der Waals surface area contributed by atoms with Crippen LogP contribution in [0.4, 0.5) is 5.13 Å². The molecule has 1 fully saturated rings. The Hall–Kier alpha value is -2.33. The van der Waals surface area contributed by atoms with Crippen LogP contribution in [0.25, 0.3) is 0 Å². The molecule has 1 aliphatic heterocycles. The summed E-state index contributed by atoms with van der Waals surface area (Å²) in [7, 11) is 1.61. The van der Waals surface area contributed by atoms with Gasteiger partial charge in [0.1, 0.15) is 5.75 Å². The van der Waals surface area contributed by atoms with E-state index in [4.69, 9.17) is 4.74 Å². The molecule has 8 nitrogen and oxygen atoms in total. The Kier molecular flexibility index (Phi) is 7.10. The SMILES string of the molecule is CCOc1ccc(C(=O)N2CCN(c3nnc(SCC(=O)NC)s3)CC2)cc1. The van der Waals surface area contributed by atoms with E-state index in [0.717, 1.165) is 15.2 Å². The van der Waals surface area contributed by atoms with E-state index in [2.05, 4.69) is 20.4 Å². The van der Waals surface area contributed by atoms with Crippen LogP contribution in [0.5, 0.6) is 5.75 Å². The van der Waals surface area contributed by atoms with Gasteiger partial charge in [-0.1, -0.05) is 23.1 Å². The first-order chi connectivity index (χ1) is 13.6. The lowest BCUT2D eigenvalue weighted by Crippen LogP contribution is -2.48. The summed E-state index contributed by atoms with van der Waals surface area (Å²) < 4.78 is 6.19. The Balaban J connectivity index is 1.52. The van der Waals surface area contributed by atoms with E-state index < -0.39 is 0 Å². The first kappa shape index (κ1) is 20.4. The topological polar surface area (TPSA) is 87.7 Å². The number of thioether (sulfide) groups is 1. The van der Waals surface area contributed by atoms with Gasteiger partial charge in [0, 0.05) is 38.8 Å². The maximum absolute atomic E-state index is 12.7. The van der Waals surface area contributed by atoms with Gasteiger partial charge < -0.3 is 19.9 Å². The van der Waals surface area contributed by atoms with Gasteiger partial charge in [-0.3, -0.25) is 9.59 Å². The highest BCUT2D eigenvalue weighted by molar-refractivity contribution is 8.01. The summed E-state index contributed by atoms with van der Waals surface area (Å²) in [5.41, 5.74) is 0.667. The van der Waals surface area contributed by atoms with Gasteiger partial charge in [-0.2, -0.15) is 0 Å². The van der Waals surface area contributed by atoms with Gasteiger partial charge in [0.05, 0.1) is 12.4 Å². The fraction of sp³-hybridized carbons (Fsp3) is 0.444. The fourth-order valence-electron chi connectivity index (χ4n) is 2.73. The van der Waals surface area contributed by atoms with E-state index in [1.54, 1.807) is 19.2 Å². The van der Waals surface area contributed by atoms with Crippen molar-refractivity contribution in [3.63, 3.8) is 0 Å². The van der Waals surface area contributed by atoms with Crippen LogP contribution in [-0.4, -0.2) is 72.5 Å². The molecule has 2 aromatic rings. The van der Waals surface area contributed by atoms with Crippen molar-refractivity contribution in [2.45, 2.75) is 11.3 Å². The molecule has 0 aliphatic carbocycles. The Bertz CT molecular complexity index is 804. The zero-order valence-corrected chi connectivity index (χ0v) is 17.5. The zero-order valence-electron chi connectivity index (χ0n) is 15.9. The lowest BCUT2D eigenvalue weighted by atomic mass is 10.1. The lowest BCUT2D eigenvalue weighted by molar-refractivity contribution is -0.118. The molecule has 0 atom stereocenters. The second kappa shape index (κ2) is 9.74. The van der Waals surface area contributed by atoms with E-state index in [1.807, 2.05) is 24.0 Å². The molecule has 0 radical (unpaired) electrons. The molecule has 150 valence electrons. The maximum Gasteiger partial charge on any atom is 0.253 e. The highest BCUT2D eigenvalue weighted by Crippen LogP contribution is 2.28. The van der Waals surface area contributed by atoms with Crippen molar-refractivity contribution in [3.8, 4) is 5.75 Å². The van der Waals surface area contributed by atoms with Gasteiger partial charge in [-0.05, 0) is 31.2 Å². The van der Waals surface area contributed by atoms with Gasteiger partial charge >= 0.3 is 0 Å². The molecule has 1 aliphatic rings. The molecule has 1 saturated heterocycles. The summed E-state index contributed by atoms with van der Waals surface area (Å²) in [6.45, 7) is 5.21. The van der Waals surface area contributed by atoms with Crippen molar-refractivity contribution in [2.24, 2.45) is 0 Å². The molecule has 2 amide bonds. The number of nitrogens with zero attached hydrogens (tertiary/aromatic N) is 4. The van der Waals surface area contributed by atoms with Gasteiger partial charge in [0.15, 0.2) is 4.34 Å². The Morgan fingerprint density at radius 3 is 2.54 bits per heavy atom. The number of carbonyl (C=O) groups is 2. The lowest BCUT2D eigenvalue weighted by Gasteiger charge is -2.34. The molecule has 0 bridgehead atoms. The predicted molar refractivity (Wildman–Crippen MR) is 110 cm³/mol. The highest BCUT2D eigenvalue weighted by atomic mass is 32.2. The van der Waals surface area contributed by atoms with Crippen molar-refractivity contribution >= 4 is 40.0 Å². The van der Waals surface area contributed by atoms with Crippen LogP contribution in [0.2, 0.25) is 0 Å². The molecular weight excluding hydrogens is 398 g/mol. The Morgan fingerprint density at radius 1 is 1.18 bits per heavy atom. The molecule has 1 aromatic carbocycles. The summed E-state index contributed by atoms with van der Waals surface area (Å²) in [6.07, 6.45) is 0. The summed E-state index contributed by atoms with van der Waals surface area (Å²) in [6, 6.07) is 7.26. The van der Waals surface area contributed by atoms with Crippen LogP contribution in [0.15, 0.2) is 28.6 Å². The summed E-state index contributed by atoms with van der Waals surface area (Å²) in [5, 5.41) is 11.8. The van der Waals surface area contributed by atoms with E-state index in [0.29, 0.717) is 44.1 Å². The third-order valence-electron chi connectivity index (χ3n) is 4.25. The van der Waals surface area contributed by atoms with Crippen molar-refractivity contribution in [1.29, 1.82) is 0 Å². The zero-order chi connectivity index (χ0) is 19.9. The molecular formula is C18H23N5O3S2. The molecule has 1 aromatic heterocycles. The van der Waals surface area contributed by atoms with Crippen molar-refractivity contribution < 1.29 is 14.3 Å². The van der Waals surface area contributed by atoms with E-state index in [-0.39, 0.29) is 11.8 Å². The van der Waals surface area contributed by atoms with Gasteiger partial charge in [-0.15, -0.1) is 10.2 Å². The number of hydrogen-bond donors (Lipinski definition) is 1. The molecule has 10 heteroatoms. The van der Waals surface area contributed by atoms with Crippen LogP contribution < -0.4 is 15.0 Å². The van der Waals surface area contributed by atoms with E-state index in [1.165, 1.54) is 23.1 Å². The highest BCUT2D eigenvalue weighted by Gasteiger charge is 2.24. The number of amides is 2. The number of anilines is 1. The number of carbonyl (C=O) groups excluding carboxylic acids is 2. The smallest absolute Gasteiger partial charge is 0.253 e.